The lowest BCUT2D eigenvalue weighted by molar-refractivity contribution is -0.155. The van der Waals surface area contributed by atoms with Crippen molar-refractivity contribution in [1.29, 1.82) is 0 Å². The highest BCUT2D eigenvalue weighted by Crippen LogP contribution is 2.31. The summed E-state index contributed by atoms with van der Waals surface area (Å²) in [4.78, 5) is 16.7. The summed E-state index contributed by atoms with van der Waals surface area (Å²) in [5.74, 6) is -0.206. The van der Waals surface area contributed by atoms with E-state index in [-0.39, 0.29) is 5.97 Å². The molecule has 0 amide bonds. The number of nitrogens with zero attached hydrogens (tertiary/aromatic N) is 2. The van der Waals surface area contributed by atoms with Crippen molar-refractivity contribution >= 4 is 11.7 Å². The van der Waals surface area contributed by atoms with E-state index in [0.29, 0.717) is 0 Å². The normalized spacial score (nSPS) is 18.9. The lowest BCUT2D eigenvalue weighted by Crippen LogP contribution is -2.57. The predicted molar refractivity (Wildman–Crippen MR) is 84.6 cm³/mol. The summed E-state index contributed by atoms with van der Waals surface area (Å²) in [7, 11) is 5.46. The molecule has 1 atom stereocenters. The first-order chi connectivity index (χ1) is 10.00. The Bertz CT molecular complexity index is 481. The van der Waals surface area contributed by atoms with Crippen molar-refractivity contribution in [3.8, 4) is 0 Å². The van der Waals surface area contributed by atoms with E-state index in [1.54, 1.807) is 0 Å². The molecule has 1 aliphatic heterocycles. The fourth-order valence-electron chi connectivity index (χ4n) is 2.82. The van der Waals surface area contributed by atoms with E-state index in [2.05, 4.69) is 10.2 Å². The van der Waals surface area contributed by atoms with Crippen LogP contribution in [0.3, 0.4) is 0 Å². The SMILES string of the molecule is COC(=O)C(C)(c1ccc(N(C)C)cc1)N1CCNCC1. The van der Waals surface area contributed by atoms with Crippen molar-refractivity contribution in [3.63, 3.8) is 0 Å². The van der Waals surface area contributed by atoms with E-state index in [4.69, 9.17) is 4.74 Å². The van der Waals surface area contributed by atoms with Gasteiger partial charge in [-0.1, -0.05) is 12.1 Å². The average Bonchev–Trinajstić information content (AvgIpc) is 2.54. The molecule has 0 saturated carbocycles. The van der Waals surface area contributed by atoms with Crippen molar-refractivity contribution in [3.05, 3.63) is 29.8 Å². The minimum Gasteiger partial charge on any atom is -0.467 e. The third-order valence-corrected chi connectivity index (χ3v) is 4.28. The van der Waals surface area contributed by atoms with Crippen LogP contribution >= 0.6 is 0 Å². The minimum atomic E-state index is -0.734. The largest absolute Gasteiger partial charge is 0.467 e. The highest BCUT2D eigenvalue weighted by atomic mass is 16.5. The monoisotopic (exact) mass is 291 g/mol. The van der Waals surface area contributed by atoms with E-state index in [9.17, 15) is 4.79 Å². The second kappa shape index (κ2) is 6.45. The second-order valence-corrected chi connectivity index (χ2v) is 5.74. The zero-order valence-electron chi connectivity index (χ0n) is 13.3. The number of hydrogen-bond acceptors (Lipinski definition) is 5. The Kier molecular flexibility index (Phi) is 4.85. The molecule has 1 N–H and O–H groups in total. The van der Waals surface area contributed by atoms with Gasteiger partial charge in [0.15, 0.2) is 0 Å². The summed E-state index contributed by atoms with van der Waals surface area (Å²) in [5, 5.41) is 3.32. The maximum atomic E-state index is 12.5. The molecule has 116 valence electrons. The third kappa shape index (κ3) is 3.04. The number of nitrogens with one attached hydrogen (secondary N) is 1. The summed E-state index contributed by atoms with van der Waals surface area (Å²) in [6.07, 6.45) is 0. The van der Waals surface area contributed by atoms with Gasteiger partial charge in [0.25, 0.3) is 0 Å². The number of ether oxygens (including phenoxy) is 1. The Balaban J connectivity index is 2.36. The molecule has 1 aliphatic rings. The van der Waals surface area contributed by atoms with Gasteiger partial charge in [0.1, 0.15) is 5.54 Å². The molecule has 0 aliphatic carbocycles. The van der Waals surface area contributed by atoms with Gasteiger partial charge in [0.2, 0.25) is 0 Å². The van der Waals surface area contributed by atoms with Gasteiger partial charge < -0.3 is 15.0 Å². The summed E-state index contributed by atoms with van der Waals surface area (Å²) in [6.45, 7) is 5.40. The van der Waals surface area contributed by atoms with Gasteiger partial charge in [-0.15, -0.1) is 0 Å². The molecule has 1 aromatic rings. The van der Waals surface area contributed by atoms with Crippen LogP contribution in [0.15, 0.2) is 24.3 Å². The van der Waals surface area contributed by atoms with Crippen LogP contribution in [0, 0.1) is 0 Å². The summed E-state index contributed by atoms with van der Waals surface area (Å²) >= 11 is 0. The maximum absolute atomic E-state index is 12.5. The van der Waals surface area contributed by atoms with Crippen LogP contribution in [0.1, 0.15) is 12.5 Å². The van der Waals surface area contributed by atoms with Crippen LogP contribution in [-0.4, -0.2) is 58.3 Å². The zero-order valence-corrected chi connectivity index (χ0v) is 13.3. The molecular formula is C16H25N3O2. The van der Waals surface area contributed by atoms with Crippen LogP contribution in [0.5, 0.6) is 0 Å². The van der Waals surface area contributed by atoms with E-state index in [0.717, 1.165) is 37.4 Å². The molecule has 21 heavy (non-hydrogen) atoms. The van der Waals surface area contributed by atoms with Crippen molar-refractivity contribution in [2.45, 2.75) is 12.5 Å². The Morgan fingerprint density at radius 1 is 1.24 bits per heavy atom. The Labute approximate surface area is 126 Å². The molecule has 0 spiro atoms. The maximum Gasteiger partial charge on any atom is 0.330 e. The number of methoxy groups -OCH3 is 1. The Morgan fingerprint density at radius 3 is 2.29 bits per heavy atom. The van der Waals surface area contributed by atoms with E-state index < -0.39 is 5.54 Å². The van der Waals surface area contributed by atoms with Crippen LogP contribution in [0.2, 0.25) is 0 Å². The number of esters is 1. The fraction of sp³-hybridized carbons (Fsp3) is 0.562. The lowest BCUT2D eigenvalue weighted by Gasteiger charge is -2.41. The van der Waals surface area contributed by atoms with Gasteiger partial charge in [0, 0.05) is 46.0 Å². The van der Waals surface area contributed by atoms with Gasteiger partial charge in [-0.3, -0.25) is 4.90 Å². The molecule has 0 radical (unpaired) electrons. The number of hydrogen-bond donors (Lipinski definition) is 1. The highest BCUT2D eigenvalue weighted by Gasteiger charge is 2.42. The number of carbonyl (C=O) groups is 1. The van der Waals surface area contributed by atoms with Crippen molar-refractivity contribution in [2.75, 3.05) is 52.3 Å². The van der Waals surface area contributed by atoms with Crippen molar-refractivity contribution in [1.82, 2.24) is 10.2 Å². The third-order valence-electron chi connectivity index (χ3n) is 4.28. The van der Waals surface area contributed by atoms with Crippen LogP contribution in [0.4, 0.5) is 5.69 Å². The zero-order chi connectivity index (χ0) is 15.5. The molecule has 0 bridgehead atoms. The van der Waals surface area contributed by atoms with Gasteiger partial charge in [-0.05, 0) is 24.6 Å². The number of anilines is 1. The molecule has 5 heteroatoms. The molecule has 2 rings (SSSR count). The summed E-state index contributed by atoms with van der Waals surface area (Å²) in [5.41, 5.74) is 1.36. The van der Waals surface area contributed by atoms with Crippen molar-refractivity contribution in [2.24, 2.45) is 0 Å². The Morgan fingerprint density at radius 2 is 1.81 bits per heavy atom. The van der Waals surface area contributed by atoms with Gasteiger partial charge in [-0.25, -0.2) is 4.79 Å². The minimum absolute atomic E-state index is 0.206. The van der Waals surface area contributed by atoms with E-state index in [1.807, 2.05) is 50.2 Å². The smallest absolute Gasteiger partial charge is 0.330 e. The lowest BCUT2D eigenvalue weighted by atomic mass is 9.89. The topological polar surface area (TPSA) is 44.8 Å². The number of piperazine rings is 1. The molecular weight excluding hydrogens is 266 g/mol. The van der Waals surface area contributed by atoms with Gasteiger partial charge >= 0.3 is 5.97 Å². The predicted octanol–water partition coefficient (Wildman–Crippen LogP) is 1.05. The van der Waals surface area contributed by atoms with Crippen LogP contribution in [0.25, 0.3) is 0 Å². The molecule has 1 heterocycles. The van der Waals surface area contributed by atoms with E-state index >= 15 is 0 Å². The molecule has 5 nitrogen and oxygen atoms in total. The van der Waals surface area contributed by atoms with Gasteiger partial charge in [0.05, 0.1) is 7.11 Å². The standard InChI is InChI=1S/C16H25N3O2/c1-16(15(20)21-4,19-11-9-17-10-12-19)13-5-7-14(8-6-13)18(2)3/h5-8,17H,9-12H2,1-4H3. The molecule has 1 aromatic carbocycles. The van der Waals surface area contributed by atoms with Gasteiger partial charge in [-0.2, -0.15) is 0 Å². The summed E-state index contributed by atoms with van der Waals surface area (Å²) in [6, 6.07) is 8.13. The number of carbonyl (C=O) groups excluding carboxylic acids is 1. The summed E-state index contributed by atoms with van der Waals surface area (Å²) < 4.78 is 5.09. The quantitative estimate of drug-likeness (QED) is 0.840. The molecule has 1 unspecified atom stereocenters. The first-order valence-corrected chi connectivity index (χ1v) is 7.32. The fourth-order valence-corrected chi connectivity index (χ4v) is 2.82. The number of rotatable bonds is 4. The second-order valence-electron chi connectivity index (χ2n) is 5.74. The van der Waals surface area contributed by atoms with Crippen LogP contribution < -0.4 is 10.2 Å². The van der Waals surface area contributed by atoms with Crippen LogP contribution in [-0.2, 0) is 15.1 Å². The molecule has 1 fully saturated rings. The number of benzene rings is 1. The molecule has 1 saturated heterocycles. The van der Waals surface area contributed by atoms with E-state index in [1.165, 1.54) is 7.11 Å². The average molecular weight is 291 g/mol. The highest BCUT2D eigenvalue weighted by molar-refractivity contribution is 5.82. The first kappa shape index (κ1) is 15.8. The Hall–Kier alpha value is -1.59. The first-order valence-electron chi connectivity index (χ1n) is 7.32. The van der Waals surface area contributed by atoms with Crippen molar-refractivity contribution < 1.29 is 9.53 Å². The molecule has 0 aromatic heterocycles.